The number of hydrogen-bond donors (Lipinski definition) is 3. The van der Waals surface area contributed by atoms with Gasteiger partial charge in [-0.15, -0.1) is 11.3 Å². The monoisotopic (exact) mass is 333 g/mol. The van der Waals surface area contributed by atoms with Gasteiger partial charge in [0.1, 0.15) is 14.8 Å². The van der Waals surface area contributed by atoms with E-state index in [0.717, 1.165) is 30.4 Å². The van der Waals surface area contributed by atoms with Gasteiger partial charge >= 0.3 is 0 Å². The molecule has 2 rings (SSSR count). The number of nitrogens with zero attached hydrogens (tertiary/aromatic N) is 1. The van der Waals surface area contributed by atoms with Crippen molar-refractivity contribution >= 4 is 37.8 Å². The van der Waals surface area contributed by atoms with Crippen LogP contribution in [0.15, 0.2) is 4.90 Å². The minimum absolute atomic E-state index is 0.0279. The van der Waals surface area contributed by atoms with Crippen molar-refractivity contribution in [2.45, 2.75) is 17.7 Å². The molecule has 0 radical (unpaired) electrons. The molecule has 1 aliphatic rings. The Morgan fingerprint density at radius 1 is 1.52 bits per heavy atom. The van der Waals surface area contributed by atoms with Crippen LogP contribution < -0.4 is 16.4 Å². The maximum atomic E-state index is 12.0. The molecule has 1 aromatic rings. The number of hydrogen-bond acceptors (Lipinski definition) is 7. The molecule has 9 heteroatoms. The molecule has 1 unspecified atom stereocenters. The average molecular weight is 333 g/mol. The Bertz CT molecular complexity index is 654. The molecule has 1 aliphatic heterocycles. The number of thiophene rings is 1. The third-order valence-electron chi connectivity index (χ3n) is 3.54. The lowest BCUT2D eigenvalue weighted by molar-refractivity contribution is 0.100. The Morgan fingerprint density at radius 2 is 2.19 bits per heavy atom. The Morgan fingerprint density at radius 3 is 2.71 bits per heavy atom. The minimum Gasteiger partial charge on any atom is -0.396 e. The number of nitrogen functional groups attached to an aromatic ring is 1. The number of nitrogens with two attached hydrogens (primary N) is 2. The third-order valence-corrected chi connectivity index (χ3v) is 6.11. The van der Waals surface area contributed by atoms with Crippen molar-refractivity contribution in [2.75, 3.05) is 36.6 Å². The zero-order chi connectivity index (χ0) is 15.8. The van der Waals surface area contributed by atoms with Crippen molar-refractivity contribution in [3.8, 4) is 0 Å². The number of sulfone groups is 1. The average Bonchev–Trinajstić information content (AvgIpc) is 2.76. The van der Waals surface area contributed by atoms with Gasteiger partial charge < -0.3 is 21.5 Å². The van der Waals surface area contributed by atoms with Gasteiger partial charge in [-0.05, 0) is 18.8 Å². The number of aliphatic hydroxyl groups is 1. The summed E-state index contributed by atoms with van der Waals surface area (Å²) in [5.74, 6) is -0.643. The standard InChI is InChI=1S/C12H19N3O4S2/c1-21(18,19)10-8(13)9(11(14)17)20-12(10)15-4-2-3-7(5-15)6-16/h7,16H,2-6,13H2,1H3,(H2,14,17). The third kappa shape index (κ3) is 3.14. The van der Waals surface area contributed by atoms with E-state index in [0.29, 0.717) is 18.1 Å². The van der Waals surface area contributed by atoms with Gasteiger partial charge in [-0.3, -0.25) is 4.79 Å². The largest absolute Gasteiger partial charge is 0.396 e. The molecule has 0 saturated carbocycles. The van der Waals surface area contributed by atoms with Crippen molar-refractivity contribution in [1.82, 2.24) is 0 Å². The van der Waals surface area contributed by atoms with Gasteiger partial charge in [-0.25, -0.2) is 8.42 Å². The number of rotatable bonds is 4. The lowest BCUT2D eigenvalue weighted by Gasteiger charge is -2.33. The Labute approximate surface area is 127 Å². The molecule has 1 amide bonds. The zero-order valence-corrected chi connectivity index (χ0v) is 13.3. The van der Waals surface area contributed by atoms with E-state index in [1.165, 1.54) is 0 Å². The summed E-state index contributed by atoms with van der Waals surface area (Å²) in [6, 6.07) is 0. The molecule has 2 heterocycles. The molecule has 0 aromatic carbocycles. The number of carbonyl (C=O) groups excluding carboxylic acids is 1. The fourth-order valence-corrected chi connectivity index (χ4v) is 5.16. The van der Waals surface area contributed by atoms with Crippen molar-refractivity contribution in [3.05, 3.63) is 4.88 Å². The minimum atomic E-state index is -3.58. The number of carbonyl (C=O) groups is 1. The van der Waals surface area contributed by atoms with Crippen LogP contribution in [-0.2, 0) is 9.84 Å². The van der Waals surface area contributed by atoms with Crippen molar-refractivity contribution in [3.63, 3.8) is 0 Å². The van der Waals surface area contributed by atoms with E-state index < -0.39 is 15.7 Å². The van der Waals surface area contributed by atoms with Crippen LogP contribution >= 0.6 is 11.3 Å². The predicted octanol–water partition coefficient (Wildman–Crippen LogP) is 0.0414. The summed E-state index contributed by atoms with van der Waals surface area (Å²) >= 11 is 1.01. The van der Waals surface area contributed by atoms with Crippen LogP contribution in [0.3, 0.4) is 0 Å². The molecule has 1 atom stereocenters. The summed E-state index contributed by atoms with van der Waals surface area (Å²) in [7, 11) is -3.58. The highest BCUT2D eigenvalue weighted by molar-refractivity contribution is 7.91. The smallest absolute Gasteiger partial charge is 0.261 e. The molecule has 21 heavy (non-hydrogen) atoms. The van der Waals surface area contributed by atoms with E-state index in [-0.39, 0.29) is 28.0 Å². The molecule has 7 nitrogen and oxygen atoms in total. The van der Waals surface area contributed by atoms with Gasteiger partial charge in [0.2, 0.25) is 0 Å². The highest BCUT2D eigenvalue weighted by Gasteiger charge is 2.31. The van der Waals surface area contributed by atoms with Crippen molar-refractivity contribution in [2.24, 2.45) is 11.7 Å². The highest BCUT2D eigenvalue weighted by Crippen LogP contribution is 2.42. The molecule has 1 aromatic heterocycles. The number of aliphatic hydroxyl groups excluding tert-OH is 1. The van der Waals surface area contributed by atoms with Gasteiger partial charge in [0, 0.05) is 26.0 Å². The number of primary amides is 1. The topological polar surface area (TPSA) is 127 Å². The van der Waals surface area contributed by atoms with Crippen LogP contribution in [0.2, 0.25) is 0 Å². The first-order valence-electron chi connectivity index (χ1n) is 6.53. The molecular formula is C12H19N3O4S2. The lowest BCUT2D eigenvalue weighted by Crippen LogP contribution is -2.37. The van der Waals surface area contributed by atoms with Crippen LogP contribution in [0.25, 0.3) is 0 Å². The molecule has 118 valence electrons. The Kier molecular flexibility index (Phi) is 4.45. The highest BCUT2D eigenvalue weighted by atomic mass is 32.2. The van der Waals surface area contributed by atoms with Gasteiger partial charge in [-0.2, -0.15) is 0 Å². The van der Waals surface area contributed by atoms with E-state index in [1.54, 1.807) is 0 Å². The lowest BCUT2D eigenvalue weighted by atomic mass is 9.99. The van der Waals surface area contributed by atoms with Crippen molar-refractivity contribution in [1.29, 1.82) is 0 Å². The SMILES string of the molecule is CS(=O)(=O)c1c(N2CCCC(CO)C2)sc(C(N)=O)c1N. The summed E-state index contributed by atoms with van der Waals surface area (Å²) in [4.78, 5) is 13.3. The van der Waals surface area contributed by atoms with Gasteiger partial charge in [0.25, 0.3) is 5.91 Å². The van der Waals surface area contributed by atoms with Crippen LogP contribution in [0.5, 0.6) is 0 Å². The molecule has 5 N–H and O–H groups in total. The Balaban J connectivity index is 2.52. The van der Waals surface area contributed by atoms with Crippen LogP contribution in [0.1, 0.15) is 22.5 Å². The molecule has 0 spiro atoms. The fraction of sp³-hybridized carbons (Fsp3) is 0.583. The number of piperidine rings is 1. The van der Waals surface area contributed by atoms with Crippen LogP contribution in [-0.4, -0.2) is 45.4 Å². The number of amides is 1. The van der Waals surface area contributed by atoms with Gasteiger partial charge in [0.05, 0.1) is 5.69 Å². The van der Waals surface area contributed by atoms with E-state index in [9.17, 15) is 18.3 Å². The second-order valence-electron chi connectivity index (χ2n) is 5.25. The fourth-order valence-electron chi connectivity index (χ4n) is 2.56. The second kappa shape index (κ2) is 5.82. The summed E-state index contributed by atoms with van der Waals surface area (Å²) in [6.07, 6.45) is 2.80. The van der Waals surface area contributed by atoms with Crippen LogP contribution in [0.4, 0.5) is 10.7 Å². The van der Waals surface area contributed by atoms with Gasteiger partial charge in [0.15, 0.2) is 9.84 Å². The normalized spacial score (nSPS) is 19.7. The number of anilines is 2. The zero-order valence-electron chi connectivity index (χ0n) is 11.7. The van der Waals surface area contributed by atoms with E-state index in [4.69, 9.17) is 11.5 Å². The first-order valence-corrected chi connectivity index (χ1v) is 9.24. The Hall–Kier alpha value is -1.32. The summed E-state index contributed by atoms with van der Waals surface area (Å²) in [5.41, 5.74) is 11.0. The quantitative estimate of drug-likeness (QED) is 0.714. The first kappa shape index (κ1) is 16.1. The predicted molar refractivity (Wildman–Crippen MR) is 82.4 cm³/mol. The molecule has 0 bridgehead atoms. The van der Waals surface area contributed by atoms with Crippen LogP contribution in [0, 0.1) is 5.92 Å². The molecule has 1 saturated heterocycles. The maximum Gasteiger partial charge on any atom is 0.261 e. The van der Waals surface area contributed by atoms with E-state index >= 15 is 0 Å². The van der Waals surface area contributed by atoms with Crippen molar-refractivity contribution < 1.29 is 18.3 Å². The summed E-state index contributed by atoms with van der Waals surface area (Å²) < 4.78 is 24.0. The summed E-state index contributed by atoms with van der Waals surface area (Å²) in [6.45, 7) is 1.25. The van der Waals surface area contributed by atoms with E-state index in [2.05, 4.69) is 0 Å². The molecule has 0 aliphatic carbocycles. The maximum absolute atomic E-state index is 12.0. The molecule has 1 fully saturated rings. The van der Waals surface area contributed by atoms with Gasteiger partial charge in [-0.1, -0.05) is 0 Å². The second-order valence-corrected chi connectivity index (χ2v) is 8.20. The molecular weight excluding hydrogens is 314 g/mol. The van der Waals surface area contributed by atoms with E-state index in [1.807, 2.05) is 4.90 Å². The summed E-state index contributed by atoms with van der Waals surface area (Å²) in [5, 5.41) is 9.74. The first-order chi connectivity index (χ1) is 9.75.